The van der Waals surface area contributed by atoms with E-state index in [4.69, 9.17) is 9.47 Å². The van der Waals surface area contributed by atoms with Gasteiger partial charge < -0.3 is 24.8 Å². The van der Waals surface area contributed by atoms with E-state index >= 15 is 0 Å². The fraction of sp³-hybridized carbons (Fsp3) is 1.00. The van der Waals surface area contributed by atoms with Crippen molar-refractivity contribution in [3.8, 4) is 0 Å². The second kappa shape index (κ2) is 8.17. The molecule has 1 unspecified atom stereocenters. The van der Waals surface area contributed by atoms with Crippen LogP contribution in [-0.2, 0) is 9.47 Å². The van der Waals surface area contributed by atoms with Crippen LogP contribution in [-0.4, -0.2) is 52.1 Å². The summed E-state index contributed by atoms with van der Waals surface area (Å²) in [5.74, 6) is 0. The fourth-order valence-corrected chi connectivity index (χ4v) is 2.28. The van der Waals surface area contributed by atoms with Crippen molar-refractivity contribution in [3.05, 3.63) is 0 Å². The van der Waals surface area contributed by atoms with Crippen LogP contribution < -0.4 is 0 Å². The van der Waals surface area contributed by atoms with Gasteiger partial charge >= 0.3 is 0 Å². The minimum Gasteiger partial charge on any atom is -0.388 e. The number of unbranched alkanes of at least 4 members (excludes halogenated alkanes) is 3. The molecule has 0 aliphatic carbocycles. The second-order valence-corrected chi connectivity index (χ2v) is 5.48. The molecule has 0 amide bonds. The lowest BCUT2D eigenvalue weighted by Gasteiger charge is -2.39. The van der Waals surface area contributed by atoms with Crippen molar-refractivity contribution in [3.63, 3.8) is 0 Å². The van der Waals surface area contributed by atoms with E-state index in [-0.39, 0.29) is 6.10 Å². The molecule has 1 aliphatic heterocycles. The number of aliphatic hydroxyl groups is 3. The van der Waals surface area contributed by atoms with Crippen LogP contribution in [0.5, 0.6) is 0 Å². The average molecular weight is 276 g/mol. The Balaban J connectivity index is 2.34. The smallest absolute Gasteiger partial charge is 0.186 e. The third-order valence-electron chi connectivity index (χ3n) is 3.64. The molecule has 114 valence electrons. The van der Waals surface area contributed by atoms with E-state index in [9.17, 15) is 15.3 Å². The first-order chi connectivity index (χ1) is 8.97. The molecule has 1 aliphatic rings. The molecule has 19 heavy (non-hydrogen) atoms. The lowest BCUT2D eigenvalue weighted by molar-refractivity contribution is -0.303. The lowest BCUT2D eigenvalue weighted by atomic mass is 10.00. The van der Waals surface area contributed by atoms with Crippen LogP contribution in [0.25, 0.3) is 0 Å². The van der Waals surface area contributed by atoms with E-state index in [0.29, 0.717) is 0 Å². The molecule has 0 aromatic carbocycles. The predicted molar refractivity (Wildman–Crippen MR) is 71.7 cm³/mol. The summed E-state index contributed by atoms with van der Waals surface area (Å²) in [6.07, 6.45) is 0.628. The quantitative estimate of drug-likeness (QED) is 0.609. The highest BCUT2D eigenvalue weighted by atomic mass is 16.7. The third kappa shape index (κ3) is 5.00. The number of hydrogen-bond donors (Lipinski definition) is 3. The predicted octanol–water partition coefficient (Wildman–Crippen LogP) is 1.19. The monoisotopic (exact) mass is 276 g/mol. The molecular formula is C14H28O5. The summed E-state index contributed by atoms with van der Waals surface area (Å²) >= 11 is 0. The van der Waals surface area contributed by atoms with Crippen molar-refractivity contribution >= 4 is 0 Å². The summed E-state index contributed by atoms with van der Waals surface area (Å²) in [4.78, 5) is 0. The first-order valence-corrected chi connectivity index (χ1v) is 7.32. The summed E-state index contributed by atoms with van der Waals surface area (Å²) in [5, 5.41) is 29.1. The van der Waals surface area contributed by atoms with Gasteiger partial charge in [0.05, 0.1) is 12.2 Å². The number of rotatable bonds is 7. The molecule has 0 radical (unpaired) electrons. The van der Waals surface area contributed by atoms with Gasteiger partial charge in [-0.2, -0.15) is 0 Å². The van der Waals surface area contributed by atoms with Crippen molar-refractivity contribution in [2.24, 2.45) is 0 Å². The zero-order chi connectivity index (χ0) is 14.4. The molecule has 0 bridgehead atoms. The number of ether oxygens (including phenoxy) is 2. The van der Waals surface area contributed by atoms with Crippen LogP contribution in [0.15, 0.2) is 0 Å². The van der Waals surface area contributed by atoms with E-state index in [0.717, 1.165) is 12.8 Å². The zero-order valence-corrected chi connectivity index (χ0v) is 12.2. The van der Waals surface area contributed by atoms with Gasteiger partial charge in [-0.15, -0.1) is 0 Å². The molecule has 1 saturated heterocycles. The van der Waals surface area contributed by atoms with E-state index in [1.807, 2.05) is 6.92 Å². The first kappa shape index (κ1) is 16.9. The summed E-state index contributed by atoms with van der Waals surface area (Å²) in [5.41, 5.74) is 0. The molecule has 0 aromatic rings. The van der Waals surface area contributed by atoms with Gasteiger partial charge in [-0.05, 0) is 20.3 Å². The molecule has 1 heterocycles. The fourth-order valence-electron chi connectivity index (χ4n) is 2.28. The maximum atomic E-state index is 9.82. The SMILES string of the molecule is CCCCCCC(C)O[C@@H]1O[C@@H](C)[C@H](O)[C@@H](O)[C@H]1O. The van der Waals surface area contributed by atoms with Crippen molar-refractivity contribution in [1.29, 1.82) is 0 Å². The Bertz CT molecular complexity index is 248. The molecular weight excluding hydrogens is 248 g/mol. The van der Waals surface area contributed by atoms with Crippen LogP contribution in [0.1, 0.15) is 52.9 Å². The van der Waals surface area contributed by atoms with Gasteiger partial charge in [0.15, 0.2) is 6.29 Å². The first-order valence-electron chi connectivity index (χ1n) is 7.32. The highest BCUT2D eigenvalue weighted by Gasteiger charge is 2.42. The van der Waals surface area contributed by atoms with Gasteiger partial charge in [-0.3, -0.25) is 0 Å². The lowest BCUT2D eigenvalue weighted by Crippen LogP contribution is -2.57. The average Bonchev–Trinajstić information content (AvgIpc) is 2.38. The molecule has 5 nitrogen and oxygen atoms in total. The molecule has 1 fully saturated rings. The topological polar surface area (TPSA) is 79.2 Å². The Hall–Kier alpha value is -0.200. The molecule has 1 rings (SSSR count). The van der Waals surface area contributed by atoms with Crippen LogP contribution in [0.2, 0.25) is 0 Å². The van der Waals surface area contributed by atoms with Crippen LogP contribution in [0.4, 0.5) is 0 Å². The largest absolute Gasteiger partial charge is 0.388 e. The van der Waals surface area contributed by atoms with E-state index in [1.165, 1.54) is 19.3 Å². The molecule has 6 atom stereocenters. The molecule has 3 N–H and O–H groups in total. The Morgan fingerprint density at radius 3 is 2.37 bits per heavy atom. The van der Waals surface area contributed by atoms with Gasteiger partial charge in [0, 0.05) is 0 Å². The minimum atomic E-state index is -1.22. The Labute approximate surface area is 115 Å². The molecule has 0 saturated carbocycles. The minimum absolute atomic E-state index is 0.0360. The summed E-state index contributed by atoms with van der Waals surface area (Å²) in [6, 6.07) is 0. The highest BCUT2D eigenvalue weighted by Crippen LogP contribution is 2.23. The maximum Gasteiger partial charge on any atom is 0.186 e. The molecule has 0 spiro atoms. The van der Waals surface area contributed by atoms with Gasteiger partial charge in [-0.1, -0.05) is 32.6 Å². The Morgan fingerprint density at radius 1 is 1.05 bits per heavy atom. The number of hydrogen-bond acceptors (Lipinski definition) is 5. The number of aliphatic hydroxyl groups excluding tert-OH is 3. The maximum absolute atomic E-state index is 9.82. The Morgan fingerprint density at radius 2 is 1.74 bits per heavy atom. The van der Waals surface area contributed by atoms with Crippen molar-refractivity contribution in [2.45, 2.75) is 89.7 Å². The summed E-state index contributed by atoms with van der Waals surface area (Å²) < 4.78 is 11.0. The van der Waals surface area contributed by atoms with Gasteiger partial charge in [-0.25, -0.2) is 0 Å². The van der Waals surface area contributed by atoms with Crippen molar-refractivity contribution in [2.75, 3.05) is 0 Å². The van der Waals surface area contributed by atoms with E-state index in [1.54, 1.807) is 6.92 Å². The highest BCUT2D eigenvalue weighted by molar-refractivity contribution is 4.87. The van der Waals surface area contributed by atoms with Crippen molar-refractivity contribution in [1.82, 2.24) is 0 Å². The summed E-state index contributed by atoms with van der Waals surface area (Å²) in [7, 11) is 0. The van der Waals surface area contributed by atoms with Gasteiger partial charge in [0.1, 0.15) is 18.3 Å². The van der Waals surface area contributed by atoms with E-state index < -0.39 is 30.7 Å². The zero-order valence-electron chi connectivity index (χ0n) is 12.2. The van der Waals surface area contributed by atoms with Crippen LogP contribution in [0, 0.1) is 0 Å². The second-order valence-electron chi connectivity index (χ2n) is 5.48. The van der Waals surface area contributed by atoms with E-state index in [2.05, 4.69) is 6.92 Å². The molecule has 5 heteroatoms. The third-order valence-corrected chi connectivity index (χ3v) is 3.64. The summed E-state index contributed by atoms with van der Waals surface area (Å²) in [6.45, 7) is 5.76. The Kier molecular flexibility index (Phi) is 7.25. The molecule has 0 aromatic heterocycles. The van der Waals surface area contributed by atoms with Crippen molar-refractivity contribution < 1.29 is 24.8 Å². The standard InChI is InChI=1S/C14H28O5/c1-4-5-6-7-8-9(2)18-14-13(17)12(16)11(15)10(3)19-14/h9-17H,4-8H2,1-3H3/t9?,10-,11-,12+,13+,14+/m0/s1. The van der Waals surface area contributed by atoms with Gasteiger partial charge in [0.25, 0.3) is 0 Å². The van der Waals surface area contributed by atoms with Crippen LogP contribution >= 0.6 is 0 Å². The normalized spacial score (nSPS) is 37.3. The van der Waals surface area contributed by atoms with Gasteiger partial charge in [0.2, 0.25) is 0 Å². The van der Waals surface area contributed by atoms with Crippen LogP contribution in [0.3, 0.4) is 0 Å².